The summed E-state index contributed by atoms with van der Waals surface area (Å²) in [6, 6.07) is 10.8. The van der Waals surface area contributed by atoms with E-state index in [1.54, 1.807) is 57.6 Å². The van der Waals surface area contributed by atoms with Gasteiger partial charge in [0.15, 0.2) is 11.5 Å². The lowest BCUT2D eigenvalue weighted by atomic mass is 10.1. The number of carbonyl (C=O) groups is 2. The highest BCUT2D eigenvalue weighted by Crippen LogP contribution is 2.28. The third-order valence-electron chi connectivity index (χ3n) is 4.02. The molecule has 2 N–H and O–H groups in total. The number of hydrogen-bond acceptors (Lipinski definition) is 4. The summed E-state index contributed by atoms with van der Waals surface area (Å²) in [6.45, 7) is 3.63. The molecule has 27 heavy (non-hydrogen) atoms. The number of benzene rings is 2. The first-order chi connectivity index (χ1) is 13.0. The maximum absolute atomic E-state index is 12.3. The first-order valence-electron chi connectivity index (χ1n) is 8.59. The van der Waals surface area contributed by atoms with Gasteiger partial charge in [-0.25, -0.2) is 0 Å². The standard InChI is InChI=1S/C21H24N2O4/c1-5-20(24)22-16-7-6-8-17(14(16)2)23-21(25)12-10-15-9-11-18(26-3)19(13-15)27-4/h6-13H,5H2,1-4H3,(H,22,24)(H,23,25)/b12-10+. The van der Waals surface area contributed by atoms with Crippen LogP contribution in [-0.4, -0.2) is 26.0 Å². The largest absolute Gasteiger partial charge is 0.493 e. The highest BCUT2D eigenvalue weighted by Gasteiger charge is 2.08. The molecule has 0 aliphatic heterocycles. The van der Waals surface area contributed by atoms with E-state index in [0.717, 1.165) is 11.1 Å². The molecule has 0 heterocycles. The van der Waals surface area contributed by atoms with Crippen LogP contribution >= 0.6 is 0 Å². The Kier molecular flexibility index (Phi) is 7.00. The summed E-state index contributed by atoms with van der Waals surface area (Å²) in [5.74, 6) is 0.873. The Bertz CT molecular complexity index is 859. The molecule has 6 heteroatoms. The van der Waals surface area contributed by atoms with E-state index < -0.39 is 0 Å². The Morgan fingerprint density at radius 2 is 1.67 bits per heavy atom. The fourth-order valence-electron chi connectivity index (χ4n) is 2.45. The fraction of sp³-hybridized carbons (Fsp3) is 0.238. The zero-order chi connectivity index (χ0) is 19.8. The van der Waals surface area contributed by atoms with Crippen molar-refractivity contribution in [3.05, 3.63) is 53.6 Å². The van der Waals surface area contributed by atoms with Crippen LogP contribution in [0.1, 0.15) is 24.5 Å². The van der Waals surface area contributed by atoms with Gasteiger partial charge in [-0.1, -0.05) is 19.1 Å². The first-order valence-corrected chi connectivity index (χ1v) is 8.59. The topological polar surface area (TPSA) is 76.7 Å². The van der Waals surface area contributed by atoms with E-state index in [4.69, 9.17) is 9.47 Å². The molecule has 0 aliphatic rings. The number of rotatable bonds is 7. The summed E-state index contributed by atoms with van der Waals surface area (Å²) in [4.78, 5) is 23.9. The van der Waals surface area contributed by atoms with E-state index in [0.29, 0.717) is 29.3 Å². The van der Waals surface area contributed by atoms with Gasteiger partial charge in [-0.3, -0.25) is 9.59 Å². The molecule has 0 saturated heterocycles. The summed E-state index contributed by atoms with van der Waals surface area (Å²) in [7, 11) is 3.13. The Morgan fingerprint density at radius 1 is 1.00 bits per heavy atom. The van der Waals surface area contributed by atoms with E-state index in [-0.39, 0.29) is 11.8 Å². The molecule has 2 rings (SSSR count). The SMILES string of the molecule is CCC(=O)Nc1cccc(NC(=O)/C=C/c2ccc(OC)c(OC)c2)c1C. The van der Waals surface area contributed by atoms with Crippen molar-refractivity contribution in [3.63, 3.8) is 0 Å². The third kappa shape index (κ3) is 5.34. The molecule has 6 nitrogen and oxygen atoms in total. The zero-order valence-corrected chi connectivity index (χ0v) is 16.0. The average Bonchev–Trinajstić information content (AvgIpc) is 2.68. The van der Waals surface area contributed by atoms with Gasteiger partial charge < -0.3 is 20.1 Å². The molecular formula is C21H24N2O4. The number of ether oxygens (including phenoxy) is 2. The molecule has 142 valence electrons. The fourth-order valence-corrected chi connectivity index (χ4v) is 2.45. The second-order valence-corrected chi connectivity index (χ2v) is 5.82. The van der Waals surface area contributed by atoms with Crippen LogP contribution in [0.5, 0.6) is 11.5 Å². The van der Waals surface area contributed by atoms with Gasteiger partial charge in [0.05, 0.1) is 14.2 Å². The molecule has 0 radical (unpaired) electrons. The van der Waals surface area contributed by atoms with Crippen molar-refractivity contribution in [3.8, 4) is 11.5 Å². The molecule has 0 aromatic heterocycles. The molecule has 0 fully saturated rings. The summed E-state index contributed by atoms with van der Waals surface area (Å²) in [6.07, 6.45) is 3.53. The predicted octanol–water partition coefficient (Wildman–Crippen LogP) is 4.01. The van der Waals surface area contributed by atoms with Gasteiger partial charge in [0.25, 0.3) is 0 Å². The second kappa shape index (κ2) is 9.43. The summed E-state index contributed by atoms with van der Waals surface area (Å²) >= 11 is 0. The van der Waals surface area contributed by atoms with Gasteiger partial charge in [-0.15, -0.1) is 0 Å². The van der Waals surface area contributed by atoms with Gasteiger partial charge in [-0.05, 0) is 48.4 Å². The molecule has 0 aliphatic carbocycles. The van der Waals surface area contributed by atoms with Crippen molar-refractivity contribution in [2.24, 2.45) is 0 Å². The molecule has 2 aromatic carbocycles. The number of methoxy groups -OCH3 is 2. The quantitative estimate of drug-likeness (QED) is 0.724. The lowest BCUT2D eigenvalue weighted by Gasteiger charge is -2.12. The monoisotopic (exact) mass is 368 g/mol. The first kappa shape index (κ1) is 20.0. The number of hydrogen-bond donors (Lipinski definition) is 2. The van der Waals surface area contributed by atoms with Crippen LogP contribution in [-0.2, 0) is 9.59 Å². The number of nitrogens with one attached hydrogen (secondary N) is 2. The number of carbonyl (C=O) groups excluding carboxylic acids is 2. The molecule has 0 bridgehead atoms. The average molecular weight is 368 g/mol. The minimum Gasteiger partial charge on any atom is -0.493 e. The predicted molar refractivity (Wildman–Crippen MR) is 107 cm³/mol. The lowest BCUT2D eigenvalue weighted by molar-refractivity contribution is -0.116. The van der Waals surface area contributed by atoms with Crippen LogP contribution < -0.4 is 20.1 Å². The molecule has 0 unspecified atom stereocenters. The Hall–Kier alpha value is -3.28. The Labute approximate surface area is 159 Å². The van der Waals surface area contributed by atoms with Crippen LogP contribution in [0.3, 0.4) is 0 Å². The second-order valence-electron chi connectivity index (χ2n) is 5.82. The van der Waals surface area contributed by atoms with Gasteiger partial charge in [-0.2, -0.15) is 0 Å². The minimum atomic E-state index is -0.271. The van der Waals surface area contributed by atoms with Crippen LogP contribution in [0.15, 0.2) is 42.5 Å². The van der Waals surface area contributed by atoms with Crippen molar-refractivity contribution in [1.82, 2.24) is 0 Å². The van der Waals surface area contributed by atoms with Gasteiger partial charge in [0.2, 0.25) is 11.8 Å². The van der Waals surface area contributed by atoms with Crippen molar-refractivity contribution in [2.45, 2.75) is 20.3 Å². The highest BCUT2D eigenvalue weighted by atomic mass is 16.5. The minimum absolute atomic E-state index is 0.0741. The van der Waals surface area contributed by atoms with E-state index >= 15 is 0 Å². The number of amides is 2. The molecule has 0 saturated carbocycles. The summed E-state index contributed by atoms with van der Waals surface area (Å²) in [5, 5.41) is 5.65. The van der Waals surface area contributed by atoms with Crippen molar-refractivity contribution >= 4 is 29.3 Å². The lowest BCUT2D eigenvalue weighted by Crippen LogP contribution is -2.13. The van der Waals surface area contributed by atoms with E-state index in [1.165, 1.54) is 6.08 Å². The smallest absolute Gasteiger partial charge is 0.248 e. The maximum Gasteiger partial charge on any atom is 0.248 e. The molecule has 0 spiro atoms. The van der Waals surface area contributed by atoms with E-state index in [2.05, 4.69) is 10.6 Å². The van der Waals surface area contributed by atoms with Crippen molar-refractivity contribution in [1.29, 1.82) is 0 Å². The maximum atomic E-state index is 12.3. The molecule has 2 aromatic rings. The Morgan fingerprint density at radius 3 is 2.30 bits per heavy atom. The third-order valence-corrected chi connectivity index (χ3v) is 4.02. The number of anilines is 2. The Balaban J connectivity index is 2.10. The van der Waals surface area contributed by atoms with Crippen molar-refractivity contribution in [2.75, 3.05) is 24.9 Å². The molecule has 2 amide bonds. The zero-order valence-electron chi connectivity index (χ0n) is 16.0. The van der Waals surface area contributed by atoms with E-state index in [1.807, 2.05) is 13.0 Å². The summed E-state index contributed by atoms with van der Waals surface area (Å²) in [5.41, 5.74) is 2.94. The highest BCUT2D eigenvalue weighted by molar-refractivity contribution is 6.03. The van der Waals surface area contributed by atoms with Gasteiger partial charge in [0.1, 0.15) is 0 Å². The summed E-state index contributed by atoms with van der Waals surface area (Å²) < 4.78 is 10.5. The van der Waals surface area contributed by atoms with Gasteiger partial charge >= 0.3 is 0 Å². The van der Waals surface area contributed by atoms with Crippen LogP contribution in [0, 0.1) is 6.92 Å². The van der Waals surface area contributed by atoms with Crippen LogP contribution in [0.4, 0.5) is 11.4 Å². The van der Waals surface area contributed by atoms with Crippen molar-refractivity contribution < 1.29 is 19.1 Å². The van der Waals surface area contributed by atoms with Gasteiger partial charge in [0, 0.05) is 23.9 Å². The van der Waals surface area contributed by atoms with E-state index in [9.17, 15) is 9.59 Å². The van der Waals surface area contributed by atoms with Crippen LogP contribution in [0.25, 0.3) is 6.08 Å². The molecular weight excluding hydrogens is 344 g/mol. The van der Waals surface area contributed by atoms with Crippen LogP contribution in [0.2, 0.25) is 0 Å². The molecule has 0 atom stereocenters. The normalized spacial score (nSPS) is 10.5.